The van der Waals surface area contributed by atoms with Crippen LogP contribution in [0.4, 0.5) is 0 Å². The number of aryl methyl sites for hydroxylation is 1. The van der Waals surface area contributed by atoms with Crippen LogP contribution in [0.25, 0.3) is 11.1 Å². The van der Waals surface area contributed by atoms with Crippen LogP contribution in [0.2, 0.25) is 0 Å². The number of piperidine rings is 1. The third-order valence-corrected chi connectivity index (χ3v) is 4.90. The first-order valence-electron chi connectivity index (χ1n) is 7.22. The maximum absolute atomic E-state index is 4.52. The van der Waals surface area contributed by atoms with Crippen LogP contribution >= 0.6 is 15.9 Å². The Balaban J connectivity index is 1.73. The Bertz CT molecular complexity index is 585. The summed E-state index contributed by atoms with van der Waals surface area (Å²) in [4.78, 5) is 0. The topological polar surface area (TPSA) is 29.9 Å². The van der Waals surface area contributed by atoms with E-state index in [1.54, 1.807) is 0 Å². The fourth-order valence-corrected chi connectivity index (χ4v) is 3.09. The summed E-state index contributed by atoms with van der Waals surface area (Å²) in [5, 5.41) is 7.93. The lowest BCUT2D eigenvalue weighted by Crippen LogP contribution is -2.29. The molecule has 0 atom stereocenters. The van der Waals surface area contributed by atoms with Crippen molar-refractivity contribution in [1.29, 1.82) is 0 Å². The predicted molar refractivity (Wildman–Crippen MR) is 85.7 cm³/mol. The van der Waals surface area contributed by atoms with E-state index >= 15 is 0 Å². The van der Waals surface area contributed by atoms with Gasteiger partial charge in [-0.25, -0.2) is 0 Å². The highest BCUT2D eigenvalue weighted by Crippen LogP contribution is 2.25. The highest BCUT2D eigenvalue weighted by atomic mass is 79.9. The molecule has 1 N–H and O–H groups in total. The zero-order chi connectivity index (χ0) is 13.9. The van der Waals surface area contributed by atoms with Crippen molar-refractivity contribution < 1.29 is 0 Å². The van der Waals surface area contributed by atoms with Crippen molar-refractivity contribution in [2.45, 2.75) is 26.3 Å². The number of nitrogens with zero attached hydrogens (tertiary/aromatic N) is 2. The summed E-state index contributed by atoms with van der Waals surface area (Å²) in [6, 6.07) is 6.47. The van der Waals surface area contributed by atoms with Crippen LogP contribution in [-0.2, 0) is 6.54 Å². The van der Waals surface area contributed by atoms with Crippen LogP contribution in [0.5, 0.6) is 0 Å². The average Bonchev–Trinajstić information content (AvgIpc) is 2.91. The lowest BCUT2D eigenvalue weighted by atomic mass is 9.98. The van der Waals surface area contributed by atoms with Crippen molar-refractivity contribution in [3.8, 4) is 11.1 Å². The molecule has 1 aromatic carbocycles. The van der Waals surface area contributed by atoms with Crippen LogP contribution in [0, 0.1) is 12.8 Å². The van der Waals surface area contributed by atoms with Gasteiger partial charge in [0, 0.05) is 22.8 Å². The van der Waals surface area contributed by atoms with E-state index in [-0.39, 0.29) is 0 Å². The Hall–Kier alpha value is -1.13. The molecule has 1 aromatic heterocycles. The van der Waals surface area contributed by atoms with E-state index in [1.165, 1.54) is 29.5 Å². The van der Waals surface area contributed by atoms with E-state index in [2.05, 4.69) is 62.3 Å². The van der Waals surface area contributed by atoms with E-state index in [0.717, 1.165) is 30.0 Å². The van der Waals surface area contributed by atoms with Gasteiger partial charge in [0.2, 0.25) is 0 Å². The van der Waals surface area contributed by atoms with Crippen LogP contribution in [0.15, 0.2) is 35.1 Å². The van der Waals surface area contributed by atoms with Crippen molar-refractivity contribution >= 4 is 15.9 Å². The minimum absolute atomic E-state index is 0.758. The minimum Gasteiger partial charge on any atom is -0.317 e. The normalized spacial score (nSPS) is 16.5. The second kappa shape index (κ2) is 6.10. The molecule has 0 saturated carbocycles. The summed E-state index contributed by atoms with van der Waals surface area (Å²) in [6.07, 6.45) is 6.65. The van der Waals surface area contributed by atoms with Gasteiger partial charge in [0.1, 0.15) is 0 Å². The first-order chi connectivity index (χ1) is 9.72. The third-order valence-electron chi connectivity index (χ3n) is 4.04. The standard InChI is InChI=1S/C16H20BrN3/c1-12-2-3-14(8-16(12)17)15-9-19-20(11-15)10-13-4-6-18-7-5-13/h2-3,8-9,11,13,18H,4-7,10H2,1H3. The Morgan fingerprint density at radius 2 is 2.10 bits per heavy atom. The van der Waals surface area contributed by atoms with Crippen LogP contribution in [-0.4, -0.2) is 22.9 Å². The summed E-state index contributed by atoms with van der Waals surface area (Å²) in [5.74, 6) is 0.758. The van der Waals surface area contributed by atoms with Gasteiger partial charge in [-0.1, -0.05) is 28.1 Å². The smallest absolute Gasteiger partial charge is 0.0568 e. The molecule has 2 aromatic rings. The number of nitrogens with one attached hydrogen (secondary N) is 1. The van der Waals surface area contributed by atoms with Crippen molar-refractivity contribution in [3.05, 3.63) is 40.6 Å². The summed E-state index contributed by atoms with van der Waals surface area (Å²) in [5.41, 5.74) is 3.68. The molecular formula is C16H20BrN3. The third kappa shape index (κ3) is 3.13. The van der Waals surface area contributed by atoms with Crippen molar-refractivity contribution in [2.75, 3.05) is 13.1 Å². The maximum Gasteiger partial charge on any atom is 0.0568 e. The number of aromatic nitrogens is 2. The number of rotatable bonds is 3. The van der Waals surface area contributed by atoms with Gasteiger partial charge in [-0.3, -0.25) is 4.68 Å². The molecule has 3 rings (SSSR count). The molecular weight excluding hydrogens is 314 g/mol. The Labute approximate surface area is 128 Å². The molecule has 0 spiro atoms. The second-order valence-electron chi connectivity index (χ2n) is 5.61. The van der Waals surface area contributed by atoms with Crippen LogP contribution < -0.4 is 5.32 Å². The maximum atomic E-state index is 4.52. The highest BCUT2D eigenvalue weighted by molar-refractivity contribution is 9.10. The second-order valence-corrected chi connectivity index (χ2v) is 6.46. The van der Waals surface area contributed by atoms with Crippen LogP contribution in [0.1, 0.15) is 18.4 Å². The quantitative estimate of drug-likeness (QED) is 0.929. The number of hydrogen-bond acceptors (Lipinski definition) is 2. The predicted octanol–water partition coefficient (Wildman–Crippen LogP) is 3.62. The Morgan fingerprint density at radius 1 is 1.30 bits per heavy atom. The zero-order valence-corrected chi connectivity index (χ0v) is 13.4. The first kappa shape index (κ1) is 13.8. The van der Waals surface area contributed by atoms with E-state index in [1.807, 2.05) is 6.20 Å². The Kier molecular flexibility index (Phi) is 4.22. The van der Waals surface area contributed by atoms with Gasteiger partial charge in [0.05, 0.1) is 6.20 Å². The lowest BCUT2D eigenvalue weighted by molar-refractivity contribution is 0.321. The molecule has 0 radical (unpaired) electrons. The van der Waals surface area contributed by atoms with Gasteiger partial charge in [-0.05, 0) is 56.0 Å². The number of hydrogen-bond donors (Lipinski definition) is 1. The fraction of sp³-hybridized carbons (Fsp3) is 0.438. The zero-order valence-electron chi connectivity index (χ0n) is 11.8. The van der Waals surface area contributed by atoms with Gasteiger partial charge < -0.3 is 5.32 Å². The highest BCUT2D eigenvalue weighted by Gasteiger charge is 2.14. The average molecular weight is 334 g/mol. The minimum atomic E-state index is 0.758. The first-order valence-corrected chi connectivity index (χ1v) is 8.01. The van der Waals surface area contributed by atoms with Crippen molar-refractivity contribution in [3.63, 3.8) is 0 Å². The Morgan fingerprint density at radius 3 is 2.85 bits per heavy atom. The molecule has 0 bridgehead atoms. The van der Waals surface area contributed by atoms with Gasteiger partial charge in [-0.15, -0.1) is 0 Å². The van der Waals surface area contributed by atoms with Gasteiger partial charge in [-0.2, -0.15) is 5.10 Å². The van der Waals surface area contributed by atoms with Gasteiger partial charge in [0.15, 0.2) is 0 Å². The van der Waals surface area contributed by atoms with Gasteiger partial charge >= 0.3 is 0 Å². The summed E-state index contributed by atoms with van der Waals surface area (Å²) >= 11 is 3.60. The van der Waals surface area contributed by atoms with E-state index in [4.69, 9.17) is 0 Å². The van der Waals surface area contributed by atoms with Crippen molar-refractivity contribution in [1.82, 2.24) is 15.1 Å². The SMILES string of the molecule is Cc1ccc(-c2cnn(CC3CCNCC3)c2)cc1Br. The van der Waals surface area contributed by atoms with Crippen LogP contribution in [0.3, 0.4) is 0 Å². The summed E-state index contributed by atoms with van der Waals surface area (Å²) < 4.78 is 3.25. The molecule has 1 aliphatic rings. The molecule has 3 nitrogen and oxygen atoms in total. The van der Waals surface area contributed by atoms with Gasteiger partial charge in [0.25, 0.3) is 0 Å². The molecule has 1 saturated heterocycles. The largest absolute Gasteiger partial charge is 0.317 e. The van der Waals surface area contributed by atoms with E-state index in [9.17, 15) is 0 Å². The van der Waals surface area contributed by atoms with E-state index in [0.29, 0.717) is 0 Å². The summed E-state index contributed by atoms with van der Waals surface area (Å²) in [7, 11) is 0. The lowest BCUT2D eigenvalue weighted by Gasteiger charge is -2.22. The number of benzene rings is 1. The monoisotopic (exact) mass is 333 g/mol. The fourth-order valence-electron chi connectivity index (χ4n) is 2.71. The molecule has 2 heterocycles. The molecule has 1 aliphatic heterocycles. The molecule has 0 amide bonds. The molecule has 1 fully saturated rings. The van der Waals surface area contributed by atoms with E-state index < -0.39 is 0 Å². The number of halogens is 1. The molecule has 20 heavy (non-hydrogen) atoms. The molecule has 4 heteroatoms. The van der Waals surface area contributed by atoms with Crippen molar-refractivity contribution in [2.24, 2.45) is 5.92 Å². The molecule has 106 valence electrons. The molecule has 0 aliphatic carbocycles. The summed E-state index contributed by atoms with van der Waals surface area (Å²) in [6.45, 7) is 5.43. The molecule has 0 unspecified atom stereocenters.